The fourth-order valence-corrected chi connectivity index (χ4v) is 2.44. The Morgan fingerprint density at radius 3 is 3.10 bits per heavy atom. The van der Waals surface area contributed by atoms with Gasteiger partial charge in [0.1, 0.15) is 5.82 Å². The molecule has 0 radical (unpaired) electrons. The Kier molecular flexibility index (Phi) is 3.92. The lowest BCUT2D eigenvalue weighted by Gasteiger charge is -2.30. The zero-order valence-electron chi connectivity index (χ0n) is 11.7. The van der Waals surface area contributed by atoms with Gasteiger partial charge in [-0.25, -0.2) is 0 Å². The number of nitrogens with zero attached hydrogens (tertiary/aromatic N) is 4. The standard InChI is InChI=1S/C14H20N6/c1-11-10-20(9-8-15-11)14-17-13(18-19-14)6-5-12-4-2-3-7-16-12/h2-4,7,11,15H,5-6,8-10H2,1H3,(H,17,18,19). The van der Waals surface area contributed by atoms with Crippen LogP contribution in [0.2, 0.25) is 0 Å². The highest BCUT2D eigenvalue weighted by Crippen LogP contribution is 2.11. The molecule has 3 heterocycles. The molecule has 0 aromatic carbocycles. The Morgan fingerprint density at radius 2 is 2.30 bits per heavy atom. The summed E-state index contributed by atoms with van der Waals surface area (Å²) >= 11 is 0. The topological polar surface area (TPSA) is 69.7 Å². The molecule has 2 aromatic heterocycles. The van der Waals surface area contributed by atoms with E-state index in [4.69, 9.17) is 0 Å². The van der Waals surface area contributed by atoms with Crippen LogP contribution in [0.3, 0.4) is 0 Å². The van der Waals surface area contributed by atoms with E-state index in [1.807, 2.05) is 24.4 Å². The number of aromatic nitrogens is 4. The van der Waals surface area contributed by atoms with E-state index >= 15 is 0 Å². The van der Waals surface area contributed by atoms with Gasteiger partial charge in [-0.15, -0.1) is 5.10 Å². The molecular weight excluding hydrogens is 252 g/mol. The van der Waals surface area contributed by atoms with Gasteiger partial charge in [0.05, 0.1) is 0 Å². The second-order valence-corrected chi connectivity index (χ2v) is 5.20. The number of hydrogen-bond donors (Lipinski definition) is 2. The zero-order valence-corrected chi connectivity index (χ0v) is 11.7. The third kappa shape index (κ3) is 3.14. The van der Waals surface area contributed by atoms with E-state index in [1.54, 1.807) is 0 Å². The second kappa shape index (κ2) is 6.00. The number of aryl methyl sites for hydroxylation is 2. The van der Waals surface area contributed by atoms with E-state index in [-0.39, 0.29) is 0 Å². The summed E-state index contributed by atoms with van der Waals surface area (Å²) in [5, 5.41) is 10.8. The molecule has 1 saturated heterocycles. The molecule has 1 fully saturated rings. The molecule has 6 nitrogen and oxygen atoms in total. The predicted octanol–water partition coefficient (Wildman–Crippen LogP) is 0.783. The highest BCUT2D eigenvalue weighted by molar-refractivity contribution is 5.30. The monoisotopic (exact) mass is 272 g/mol. The second-order valence-electron chi connectivity index (χ2n) is 5.20. The van der Waals surface area contributed by atoms with E-state index < -0.39 is 0 Å². The molecule has 3 rings (SSSR count). The first-order valence-corrected chi connectivity index (χ1v) is 7.11. The van der Waals surface area contributed by atoms with Crippen LogP contribution < -0.4 is 10.2 Å². The fourth-order valence-electron chi connectivity index (χ4n) is 2.44. The lowest BCUT2D eigenvalue weighted by atomic mass is 10.2. The minimum absolute atomic E-state index is 0.485. The summed E-state index contributed by atoms with van der Waals surface area (Å²) in [6.45, 7) is 5.08. The number of hydrogen-bond acceptors (Lipinski definition) is 5. The quantitative estimate of drug-likeness (QED) is 0.861. The molecule has 20 heavy (non-hydrogen) atoms. The van der Waals surface area contributed by atoms with Gasteiger partial charge in [0.15, 0.2) is 0 Å². The average molecular weight is 272 g/mol. The van der Waals surface area contributed by atoms with Crippen molar-refractivity contribution in [1.29, 1.82) is 0 Å². The third-order valence-corrected chi connectivity index (χ3v) is 3.52. The first-order chi connectivity index (χ1) is 9.81. The van der Waals surface area contributed by atoms with Crippen LogP contribution in [0.5, 0.6) is 0 Å². The minimum atomic E-state index is 0.485. The van der Waals surface area contributed by atoms with Gasteiger partial charge in [-0.05, 0) is 25.5 Å². The van der Waals surface area contributed by atoms with Crippen LogP contribution in [0, 0.1) is 0 Å². The molecule has 1 unspecified atom stereocenters. The molecule has 1 atom stereocenters. The molecule has 1 aliphatic heterocycles. The Balaban J connectivity index is 1.59. The van der Waals surface area contributed by atoms with Gasteiger partial charge >= 0.3 is 0 Å². The molecule has 0 saturated carbocycles. The molecule has 106 valence electrons. The number of H-pyrrole nitrogens is 1. The summed E-state index contributed by atoms with van der Waals surface area (Å²) in [6, 6.07) is 6.46. The smallest absolute Gasteiger partial charge is 0.244 e. The molecule has 2 N–H and O–H groups in total. The summed E-state index contributed by atoms with van der Waals surface area (Å²) in [5.74, 6) is 1.74. The normalized spacial score (nSPS) is 19.2. The number of pyridine rings is 1. The summed E-state index contributed by atoms with van der Waals surface area (Å²) in [5.41, 5.74) is 1.08. The van der Waals surface area contributed by atoms with Crippen molar-refractivity contribution in [2.24, 2.45) is 0 Å². The highest BCUT2D eigenvalue weighted by Gasteiger charge is 2.19. The van der Waals surface area contributed by atoms with Crippen molar-refractivity contribution in [2.45, 2.75) is 25.8 Å². The number of anilines is 1. The molecule has 2 aromatic rings. The maximum atomic E-state index is 4.59. The maximum absolute atomic E-state index is 4.59. The van der Waals surface area contributed by atoms with Gasteiger partial charge in [0, 0.05) is 44.0 Å². The van der Waals surface area contributed by atoms with Crippen molar-refractivity contribution in [1.82, 2.24) is 25.5 Å². The lowest BCUT2D eigenvalue weighted by Crippen LogP contribution is -2.49. The molecule has 6 heteroatoms. The first-order valence-electron chi connectivity index (χ1n) is 7.11. The van der Waals surface area contributed by atoms with E-state index in [1.165, 1.54) is 0 Å². The lowest BCUT2D eigenvalue weighted by molar-refractivity contribution is 0.479. The summed E-state index contributed by atoms with van der Waals surface area (Å²) in [4.78, 5) is 11.1. The molecular formula is C14H20N6. The van der Waals surface area contributed by atoms with Crippen LogP contribution in [0.15, 0.2) is 24.4 Å². The maximum Gasteiger partial charge on any atom is 0.244 e. The van der Waals surface area contributed by atoms with Crippen LogP contribution >= 0.6 is 0 Å². The van der Waals surface area contributed by atoms with Gasteiger partial charge in [-0.3, -0.25) is 10.1 Å². The van der Waals surface area contributed by atoms with Crippen molar-refractivity contribution in [3.05, 3.63) is 35.9 Å². The zero-order chi connectivity index (χ0) is 13.8. The van der Waals surface area contributed by atoms with Gasteiger partial charge < -0.3 is 10.2 Å². The van der Waals surface area contributed by atoms with Crippen molar-refractivity contribution < 1.29 is 0 Å². The van der Waals surface area contributed by atoms with Gasteiger partial charge in [0.25, 0.3) is 0 Å². The SMILES string of the molecule is CC1CN(c2n[nH]c(CCc3ccccn3)n2)CCN1. The van der Waals surface area contributed by atoms with Crippen molar-refractivity contribution >= 4 is 5.95 Å². The van der Waals surface area contributed by atoms with E-state index in [0.29, 0.717) is 6.04 Å². The Labute approximate surface area is 118 Å². The van der Waals surface area contributed by atoms with Gasteiger partial charge in [0.2, 0.25) is 5.95 Å². The minimum Gasteiger partial charge on any atom is -0.337 e. The number of piperazine rings is 1. The molecule has 0 amide bonds. The van der Waals surface area contributed by atoms with Crippen LogP contribution in [0.4, 0.5) is 5.95 Å². The van der Waals surface area contributed by atoms with Gasteiger partial charge in [-0.1, -0.05) is 6.07 Å². The van der Waals surface area contributed by atoms with E-state index in [2.05, 4.69) is 37.3 Å². The highest BCUT2D eigenvalue weighted by atomic mass is 15.4. The summed E-state index contributed by atoms with van der Waals surface area (Å²) < 4.78 is 0. The van der Waals surface area contributed by atoms with Crippen molar-refractivity contribution in [2.75, 3.05) is 24.5 Å². The summed E-state index contributed by atoms with van der Waals surface area (Å²) in [7, 11) is 0. The average Bonchev–Trinajstić information content (AvgIpc) is 2.95. The molecule has 0 spiro atoms. The first kappa shape index (κ1) is 13.1. The number of rotatable bonds is 4. The van der Waals surface area contributed by atoms with Crippen LogP contribution in [0.25, 0.3) is 0 Å². The largest absolute Gasteiger partial charge is 0.337 e. The Hall–Kier alpha value is -1.95. The fraction of sp³-hybridized carbons (Fsp3) is 0.500. The van der Waals surface area contributed by atoms with Crippen molar-refractivity contribution in [3.8, 4) is 0 Å². The van der Waals surface area contributed by atoms with Crippen LogP contribution in [-0.4, -0.2) is 45.8 Å². The third-order valence-electron chi connectivity index (χ3n) is 3.52. The molecule has 1 aliphatic rings. The van der Waals surface area contributed by atoms with E-state index in [0.717, 1.165) is 49.9 Å². The Morgan fingerprint density at radius 1 is 1.35 bits per heavy atom. The number of nitrogens with one attached hydrogen (secondary N) is 2. The summed E-state index contributed by atoms with van der Waals surface area (Å²) in [6.07, 6.45) is 3.54. The van der Waals surface area contributed by atoms with Gasteiger partial charge in [-0.2, -0.15) is 4.98 Å². The predicted molar refractivity (Wildman–Crippen MR) is 77.7 cm³/mol. The van der Waals surface area contributed by atoms with Crippen LogP contribution in [-0.2, 0) is 12.8 Å². The Bertz CT molecular complexity index is 538. The number of aromatic amines is 1. The molecule has 0 bridgehead atoms. The van der Waals surface area contributed by atoms with Crippen molar-refractivity contribution in [3.63, 3.8) is 0 Å². The van der Waals surface area contributed by atoms with Crippen LogP contribution in [0.1, 0.15) is 18.4 Å². The molecule has 0 aliphatic carbocycles. The van der Waals surface area contributed by atoms with E-state index in [9.17, 15) is 0 Å².